The predicted octanol–water partition coefficient (Wildman–Crippen LogP) is 1.02. The van der Waals surface area contributed by atoms with Gasteiger partial charge < -0.3 is 14.7 Å². The van der Waals surface area contributed by atoms with Gasteiger partial charge in [0.1, 0.15) is 0 Å². The van der Waals surface area contributed by atoms with E-state index in [-0.39, 0.29) is 12.1 Å². The first-order chi connectivity index (χ1) is 11.3. The Morgan fingerprint density at radius 2 is 1.91 bits per heavy atom. The van der Waals surface area contributed by atoms with Gasteiger partial charge in [-0.05, 0) is 18.9 Å². The van der Waals surface area contributed by atoms with Gasteiger partial charge in [0.05, 0.1) is 25.4 Å². The van der Waals surface area contributed by atoms with Crippen LogP contribution in [0.4, 0.5) is 5.95 Å². The Morgan fingerprint density at radius 1 is 1.13 bits per heavy atom. The van der Waals surface area contributed by atoms with Crippen molar-refractivity contribution in [3.05, 3.63) is 18.0 Å². The number of hydrogen-bond acceptors (Lipinski definition) is 6. The minimum atomic E-state index is -0.341. The van der Waals surface area contributed by atoms with Crippen molar-refractivity contribution >= 4 is 5.95 Å². The summed E-state index contributed by atoms with van der Waals surface area (Å²) in [5.74, 6) is 1.38. The lowest BCUT2D eigenvalue weighted by atomic mass is 10.0. The predicted molar refractivity (Wildman–Crippen MR) is 87.6 cm³/mol. The maximum Gasteiger partial charge on any atom is 0.225 e. The van der Waals surface area contributed by atoms with E-state index in [4.69, 9.17) is 9.72 Å². The highest BCUT2D eigenvalue weighted by atomic mass is 16.5. The summed E-state index contributed by atoms with van der Waals surface area (Å²) in [5, 5.41) is 10.5. The standard InChI is InChI=1S/C17H26N4O2/c22-16-12-21(11-15(16)20-7-9-23-10-8-20)17-18-6-5-14(19-17)13-3-1-2-4-13/h5-6,13,15-16,22H,1-4,7-12H2/t15-,16-/m1/s1. The number of hydrogen-bond donors (Lipinski definition) is 1. The number of β-amino-alcohol motifs (C(OH)–C–C–N with tert-alkyl or cyclic N) is 1. The van der Waals surface area contributed by atoms with E-state index in [2.05, 4.69) is 20.9 Å². The molecule has 0 bridgehead atoms. The van der Waals surface area contributed by atoms with Gasteiger partial charge >= 0.3 is 0 Å². The van der Waals surface area contributed by atoms with Crippen molar-refractivity contribution in [3.8, 4) is 0 Å². The molecular formula is C17H26N4O2. The molecule has 2 saturated heterocycles. The number of morpholine rings is 1. The number of aromatic nitrogens is 2. The van der Waals surface area contributed by atoms with Gasteiger partial charge in [-0.25, -0.2) is 9.97 Å². The molecular weight excluding hydrogens is 292 g/mol. The Balaban J connectivity index is 1.47. The normalized spacial score (nSPS) is 30.2. The van der Waals surface area contributed by atoms with Gasteiger partial charge in [-0.15, -0.1) is 0 Å². The van der Waals surface area contributed by atoms with Gasteiger partial charge in [0.15, 0.2) is 0 Å². The molecule has 0 spiro atoms. The Kier molecular flexibility index (Phi) is 4.46. The molecule has 0 unspecified atom stereocenters. The molecule has 2 atom stereocenters. The monoisotopic (exact) mass is 318 g/mol. The van der Waals surface area contributed by atoms with Gasteiger partial charge in [0.2, 0.25) is 5.95 Å². The van der Waals surface area contributed by atoms with Gasteiger partial charge in [0.25, 0.3) is 0 Å². The first-order valence-corrected chi connectivity index (χ1v) is 8.89. The minimum Gasteiger partial charge on any atom is -0.390 e. The van der Waals surface area contributed by atoms with E-state index in [1.54, 1.807) is 0 Å². The molecule has 0 amide bonds. The minimum absolute atomic E-state index is 0.164. The van der Waals surface area contributed by atoms with E-state index in [1.807, 2.05) is 6.20 Å². The number of aliphatic hydroxyl groups is 1. The van der Waals surface area contributed by atoms with E-state index in [9.17, 15) is 5.11 Å². The molecule has 4 rings (SSSR count). The van der Waals surface area contributed by atoms with Crippen molar-refractivity contribution in [1.82, 2.24) is 14.9 Å². The van der Waals surface area contributed by atoms with Crippen LogP contribution >= 0.6 is 0 Å². The number of nitrogens with zero attached hydrogens (tertiary/aromatic N) is 4. The van der Waals surface area contributed by atoms with Crippen LogP contribution in [0.2, 0.25) is 0 Å². The fraction of sp³-hybridized carbons (Fsp3) is 0.765. The van der Waals surface area contributed by atoms with Gasteiger partial charge in [-0.3, -0.25) is 4.90 Å². The Bertz CT molecular complexity index is 529. The third-order valence-corrected chi connectivity index (χ3v) is 5.49. The second-order valence-electron chi connectivity index (χ2n) is 6.95. The molecule has 1 aromatic heterocycles. The van der Waals surface area contributed by atoms with Crippen molar-refractivity contribution in [2.24, 2.45) is 0 Å². The molecule has 3 aliphatic rings. The largest absolute Gasteiger partial charge is 0.390 e. The van der Waals surface area contributed by atoms with Crippen LogP contribution in [-0.4, -0.2) is 71.5 Å². The number of rotatable bonds is 3. The second kappa shape index (κ2) is 6.71. The molecule has 3 fully saturated rings. The van der Waals surface area contributed by atoms with E-state index >= 15 is 0 Å². The summed E-state index contributed by atoms with van der Waals surface area (Å²) in [6, 6.07) is 2.23. The number of aliphatic hydroxyl groups excluding tert-OH is 1. The lowest BCUT2D eigenvalue weighted by molar-refractivity contribution is -0.00588. The summed E-state index contributed by atoms with van der Waals surface area (Å²) in [5.41, 5.74) is 1.18. The highest BCUT2D eigenvalue weighted by Gasteiger charge is 2.37. The van der Waals surface area contributed by atoms with Gasteiger partial charge in [-0.2, -0.15) is 0 Å². The molecule has 6 nitrogen and oxygen atoms in total. The summed E-state index contributed by atoms with van der Waals surface area (Å²) in [7, 11) is 0. The summed E-state index contributed by atoms with van der Waals surface area (Å²) < 4.78 is 5.42. The highest BCUT2D eigenvalue weighted by Crippen LogP contribution is 2.33. The van der Waals surface area contributed by atoms with Crippen molar-refractivity contribution in [2.75, 3.05) is 44.3 Å². The third kappa shape index (κ3) is 3.20. The molecule has 0 aromatic carbocycles. The van der Waals surface area contributed by atoms with Crippen LogP contribution in [0.25, 0.3) is 0 Å². The second-order valence-corrected chi connectivity index (χ2v) is 6.95. The lowest BCUT2D eigenvalue weighted by Gasteiger charge is -2.33. The van der Waals surface area contributed by atoms with Crippen LogP contribution in [-0.2, 0) is 4.74 Å². The average Bonchev–Trinajstić information content (AvgIpc) is 3.25. The molecule has 1 aliphatic carbocycles. The van der Waals surface area contributed by atoms with Crippen molar-refractivity contribution in [1.29, 1.82) is 0 Å². The zero-order valence-corrected chi connectivity index (χ0v) is 13.6. The topological polar surface area (TPSA) is 61.7 Å². The fourth-order valence-corrected chi connectivity index (χ4v) is 4.16. The maximum absolute atomic E-state index is 10.5. The summed E-state index contributed by atoms with van der Waals surface area (Å²) in [6.07, 6.45) is 6.65. The third-order valence-electron chi connectivity index (χ3n) is 5.49. The lowest BCUT2D eigenvalue weighted by Crippen LogP contribution is -2.48. The van der Waals surface area contributed by atoms with Crippen molar-refractivity contribution in [3.63, 3.8) is 0 Å². The van der Waals surface area contributed by atoms with Crippen LogP contribution in [0.3, 0.4) is 0 Å². The fourth-order valence-electron chi connectivity index (χ4n) is 4.16. The van der Waals surface area contributed by atoms with E-state index in [0.717, 1.165) is 38.8 Å². The maximum atomic E-state index is 10.5. The van der Waals surface area contributed by atoms with E-state index in [0.29, 0.717) is 12.5 Å². The Hall–Kier alpha value is -1.24. The molecule has 2 aliphatic heterocycles. The Morgan fingerprint density at radius 3 is 2.70 bits per heavy atom. The first-order valence-electron chi connectivity index (χ1n) is 8.89. The van der Waals surface area contributed by atoms with Crippen molar-refractivity contribution < 1.29 is 9.84 Å². The molecule has 23 heavy (non-hydrogen) atoms. The summed E-state index contributed by atoms with van der Waals surface area (Å²) in [6.45, 7) is 4.75. The SMILES string of the molecule is O[C@@H]1CN(c2nccc(C3CCCC3)n2)C[C@H]1N1CCOCC1. The van der Waals surface area contributed by atoms with Crippen LogP contribution in [0.1, 0.15) is 37.3 Å². The average molecular weight is 318 g/mol. The molecule has 0 radical (unpaired) electrons. The quantitative estimate of drug-likeness (QED) is 0.898. The van der Waals surface area contributed by atoms with E-state index < -0.39 is 0 Å². The molecule has 1 saturated carbocycles. The molecule has 3 heterocycles. The smallest absolute Gasteiger partial charge is 0.225 e. The zero-order chi connectivity index (χ0) is 15.6. The summed E-state index contributed by atoms with van der Waals surface area (Å²) in [4.78, 5) is 13.8. The van der Waals surface area contributed by atoms with Crippen LogP contribution in [0.15, 0.2) is 12.3 Å². The van der Waals surface area contributed by atoms with Crippen LogP contribution in [0.5, 0.6) is 0 Å². The van der Waals surface area contributed by atoms with Crippen LogP contribution in [0, 0.1) is 0 Å². The molecule has 1 aromatic rings. The summed E-state index contributed by atoms with van der Waals surface area (Å²) >= 11 is 0. The highest BCUT2D eigenvalue weighted by molar-refractivity contribution is 5.34. The first kappa shape index (κ1) is 15.3. The Labute approximate surface area is 137 Å². The van der Waals surface area contributed by atoms with Crippen molar-refractivity contribution in [2.45, 2.75) is 43.7 Å². The molecule has 6 heteroatoms. The number of ether oxygens (including phenoxy) is 1. The molecule has 126 valence electrons. The van der Waals surface area contributed by atoms with Crippen LogP contribution < -0.4 is 4.90 Å². The van der Waals surface area contributed by atoms with E-state index in [1.165, 1.54) is 31.4 Å². The number of anilines is 1. The zero-order valence-electron chi connectivity index (χ0n) is 13.6. The van der Waals surface area contributed by atoms with Gasteiger partial charge in [-0.1, -0.05) is 12.8 Å². The molecule has 1 N–H and O–H groups in total. The van der Waals surface area contributed by atoms with Gasteiger partial charge in [0, 0.05) is 44.0 Å².